The van der Waals surface area contributed by atoms with Crippen molar-refractivity contribution >= 4 is 16.8 Å². The maximum absolute atomic E-state index is 12.2. The number of methoxy groups -OCH3 is 1. The zero-order chi connectivity index (χ0) is 17.8. The Morgan fingerprint density at radius 3 is 2.96 bits per heavy atom. The summed E-state index contributed by atoms with van der Waals surface area (Å²) < 4.78 is 5.28. The number of pyridine rings is 1. The van der Waals surface area contributed by atoms with Gasteiger partial charge < -0.3 is 20.1 Å². The van der Waals surface area contributed by atoms with Crippen LogP contribution in [0.1, 0.15) is 30.1 Å². The monoisotopic (exact) mass is 339 g/mol. The Balaban J connectivity index is 1.68. The summed E-state index contributed by atoms with van der Waals surface area (Å²) in [5.41, 5.74) is 2.58. The van der Waals surface area contributed by atoms with E-state index in [1.807, 2.05) is 31.3 Å². The van der Waals surface area contributed by atoms with Crippen LogP contribution in [-0.2, 0) is 4.79 Å². The standard InChI is InChI=1S/C19H21N3O3/c1-12(9-22-19(24)18(23)13-4-3-7-20-10-13)16-11-21-17-6-5-14(25-2)8-15(16)17/h3-8,10-12,18,21,23H,9H2,1-2H3,(H,22,24). The second-order valence-corrected chi connectivity index (χ2v) is 5.99. The predicted molar refractivity (Wildman–Crippen MR) is 95.5 cm³/mol. The molecule has 0 saturated carbocycles. The summed E-state index contributed by atoms with van der Waals surface area (Å²) in [7, 11) is 1.64. The van der Waals surface area contributed by atoms with E-state index in [9.17, 15) is 9.90 Å². The van der Waals surface area contributed by atoms with Crippen LogP contribution in [0.15, 0.2) is 48.9 Å². The molecule has 0 spiro atoms. The van der Waals surface area contributed by atoms with Gasteiger partial charge in [0.05, 0.1) is 7.11 Å². The van der Waals surface area contributed by atoms with Gasteiger partial charge in [-0.1, -0.05) is 13.0 Å². The topological polar surface area (TPSA) is 87.2 Å². The number of H-pyrrole nitrogens is 1. The lowest BCUT2D eigenvalue weighted by Crippen LogP contribution is -2.32. The van der Waals surface area contributed by atoms with Crippen molar-refractivity contribution in [2.75, 3.05) is 13.7 Å². The van der Waals surface area contributed by atoms with Crippen molar-refractivity contribution in [1.29, 1.82) is 0 Å². The van der Waals surface area contributed by atoms with E-state index in [2.05, 4.69) is 15.3 Å². The van der Waals surface area contributed by atoms with Crippen molar-refractivity contribution in [2.24, 2.45) is 0 Å². The van der Waals surface area contributed by atoms with Crippen LogP contribution < -0.4 is 10.1 Å². The fourth-order valence-corrected chi connectivity index (χ4v) is 2.81. The van der Waals surface area contributed by atoms with Crippen molar-refractivity contribution in [1.82, 2.24) is 15.3 Å². The number of nitrogens with one attached hydrogen (secondary N) is 2. The van der Waals surface area contributed by atoms with Gasteiger partial charge in [-0.2, -0.15) is 0 Å². The minimum absolute atomic E-state index is 0.0749. The molecule has 0 fully saturated rings. The average Bonchev–Trinajstić information content (AvgIpc) is 3.09. The maximum atomic E-state index is 12.2. The van der Waals surface area contributed by atoms with Crippen LogP contribution in [0.2, 0.25) is 0 Å². The van der Waals surface area contributed by atoms with Crippen molar-refractivity contribution in [3.8, 4) is 5.75 Å². The van der Waals surface area contributed by atoms with Gasteiger partial charge in [0.1, 0.15) is 5.75 Å². The second kappa shape index (κ2) is 7.36. The van der Waals surface area contributed by atoms with Crippen molar-refractivity contribution in [2.45, 2.75) is 18.9 Å². The Morgan fingerprint density at radius 2 is 2.24 bits per heavy atom. The molecule has 25 heavy (non-hydrogen) atoms. The number of aromatic amines is 1. The minimum Gasteiger partial charge on any atom is -0.497 e. The number of hydrogen-bond donors (Lipinski definition) is 3. The molecule has 0 aliphatic heterocycles. The quantitative estimate of drug-likeness (QED) is 0.644. The normalized spacial score (nSPS) is 13.4. The molecule has 1 aromatic carbocycles. The molecular weight excluding hydrogens is 318 g/mol. The largest absolute Gasteiger partial charge is 0.497 e. The Morgan fingerprint density at radius 1 is 1.40 bits per heavy atom. The molecule has 0 radical (unpaired) electrons. The van der Waals surface area contributed by atoms with Crippen LogP contribution in [0, 0.1) is 0 Å². The highest BCUT2D eigenvalue weighted by atomic mass is 16.5. The van der Waals surface area contributed by atoms with Gasteiger partial charge in [-0.15, -0.1) is 0 Å². The van der Waals surface area contributed by atoms with Gasteiger partial charge in [-0.3, -0.25) is 9.78 Å². The molecule has 3 N–H and O–H groups in total. The third-order valence-corrected chi connectivity index (χ3v) is 4.28. The van der Waals surface area contributed by atoms with Crippen molar-refractivity contribution in [3.63, 3.8) is 0 Å². The Labute approximate surface area is 145 Å². The SMILES string of the molecule is COc1ccc2[nH]cc(C(C)CNC(=O)C(O)c3cccnc3)c2c1. The van der Waals surface area contributed by atoms with Crippen LogP contribution in [0.3, 0.4) is 0 Å². The molecule has 2 heterocycles. The van der Waals surface area contributed by atoms with E-state index in [4.69, 9.17) is 4.74 Å². The van der Waals surface area contributed by atoms with Crippen LogP contribution >= 0.6 is 0 Å². The molecule has 6 nitrogen and oxygen atoms in total. The summed E-state index contributed by atoms with van der Waals surface area (Å²) in [5.74, 6) is 0.430. The first-order chi connectivity index (χ1) is 12.1. The summed E-state index contributed by atoms with van der Waals surface area (Å²) in [4.78, 5) is 19.3. The fraction of sp³-hybridized carbons (Fsp3) is 0.263. The van der Waals surface area contributed by atoms with Gasteiger partial charge in [0.15, 0.2) is 6.10 Å². The second-order valence-electron chi connectivity index (χ2n) is 5.99. The summed E-state index contributed by atoms with van der Waals surface area (Å²) in [5, 5.41) is 14.0. The molecule has 2 unspecified atom stereocenters. The Bertz CT molecular complexity index is 861. The molecule has 0 aliphatic carbocycles. The third-order valence-electron chi connectivity index (χ3n) is 4.28. The van der Waals surface area contributed by atoms with E-state index in [-0.39, 0.29) is 5.92 Å². The maximum Gasteiger partial charge on any atom is 0.253 e. The minimum atomic E-state index is -1.22. The lowest BCUT2D eigenvalue weighted by Gasteiger charge is -2.15. The number of fused-ring (bicyclic) bond motifs is 1. The van der Waals surface area contributed by atoms with E-state index in [0.29, 0.717) is 12.1 Å². The van der Waals surface area contributed by atoms with Gasteiger partial charge in [0.2, 0.25) is 0 Å². The number of aliphatic hydroxyl groups is 1. The molecule has 3 aromatic rings. The number of rotatable bonds is 6. The number of carbonyl (C=O) groups is 1. The zero-order valence-corrected chi connectivity index (χ0v) is 14.2. The van der Waals surface area contributed by atoms with E-state index in [1.165, 1.54) is 6.20 Å². The first kappa shape index (κ1) is 17.0. The van der Waals surface area contributed by atoms with Crippen molar-refractivity contribution < 1.29 is 14.6 Å². The Hall–Kier alpha value is -2.86. The number of amides is 1. The Kier molecular flexibility index (Phi) is 5.00. The highest BCUT2D eigenvalue weighted by molar-refractivity contribution is 5.85. The molecule has 3 rings (SSSR count). The van der Waals surface area contributed by atoms with E-state index in [1.54, 1.807) is 25.4 Å². The lowest BCUT2D eigenvalue weighted by atomic mass is 10.00. The number of aliphatic hydroxyl groups excluding tert-OH is 1. The molecule has 6 heteroatoms. The van der Waals surface area contributed by atoms with E-state index in [0.717, 1.165) is 22.2 Å². The van der Waals surface area contributed by atoms with Crippen LogP contribution in [-0.4, -0.2) is 34.6 Å². The smallest absolute Gasteiger partial charge is 0.253 e. The molecule has 130 valence electrons. The molecular formula is C19H21N3O3. The summed E-state index contributed by atoms with van der Waals surface area (Å²) in [6.07, 6.45) is 3.81. The molecule has 0 aliphatic rings. The summed E-state index contributed by atoms with van der Waals surface area (Å²) >= 11 is 0. The van der Waals surface area contributed by atoms with Gasteiger partial charge >= 0.3 is 0 Å². The van der Waals surface area contributed by atoms with Gasteiger partial charge in [-0.05, 0) is 29.8 Å². The summed E-state index contributed by atoms with van der Waals surface area (Å²) in [6.45, 7) is 2.44. The van der Waals surface area contributed by atoms with Gasteiger partial charge in [0.25, 0.3) is 5.91 Å². The predicted octanol–water partition coefficient (Wildman–Crippen LogP) is 2.52. The van der Waals surface area contributed by atoms with Gasteiger partial charge in [0, 0.05) is 47.5 Å². The molecule has 0 saturated heterocycles. The average molecular weight is 339 g/mol. The van der Waals surface area contributed by atoms with Crippen LogP contribution in [0.5, 0.6) is 5.75 Å². The van der Waals surface area contributed by atoms with E-state index >= 15 is 0 Å². The first-order valence-corrected chi connectivity index (χ1v) is 8.11. The number of carbonyl (C=O) groups excluding carboxylic acids is 1. The van der Waals surface area contributed by atoms with Crippen LogP contribution in [0.4, 0.5) is 0 Å². The highest BCUT2D eigenvalue weighted by Crippen LogP contribution is 2.28. The summed E-state index contributed by atoms with van der Waals surface area (Å²) in [6, 6.07) is 9.21. The zero-order valence-electron chi connectivity index (χ0n) is 14.2. The number of nitrogens with zero attached hydrogens (tertiary/aromatic N) is 1. The van der Waals surface area contributed by atoms with E-state index < -0.39 is 12.0 Å². The molecule has 2 atom stereocenters. The van der Waals surface area contributed by atoms with Crippen molar-refractivity contribution in [3.05, 3.63) is 60.0 Å². The number of benzene rings is 1. The lowest BCUT2D eigenvalue weighted by molar-refractivity contribution is -0.129. The van der Waals surface area contributed by atoms with Gasteiger partial charge in [-0.25, -0.2) is 0 Å². The number of ether oxygens (including phenoxy) is 1. The first-order valence-electron chi connectivity index (χ1n) is 8.11. The van der Waals surface area contributed by atoms with Crippen LogP contribution in [0.25, 0.3) is 10.9 Å². The fourth-order valence-electron chi connectivity index (χ4n) is 2.81. The highest BCUT2D eigenvalue weighted by Gasteiger charge is 2.19. The molecule has 2 aromatic heterocycles. The third kappa shape index (κ3) is 3.64. The number of hydrogen-bond acceptors (Lipinski definition) is 4. The molecule has 1 amide bonds. The number of aromatic nitrogens is 2. The molecule has 0 bridgehead atoms.